The largest absolute Gasteiger partial charge is 0.395 e. The second-order valence-electron chi connectivity index (χ2n) is 5.35. The highest BCUT2D eigenvalue weighted by molar-refractivity contribution is 5.98. The number of carbonyl (C=O) groups excluding carboxylic acids is 1. The molecule has 2 aromatic rings. The van der Waals surface area contributed by atoms with Gasteiger partial charge in [-0.3, -0.25) is 4.79 Å². The van der Waals surface area contributed by atoms with Crippen LogP contribution in [-0.4, -0.2) is 40.6 Å². The van der Waals surface area contributed by atoms with Gasteiger partial charge in [0.15, 0.2) is 0 Å². The number of hydrogen-bond acceptors (Lipinski definition) is 2. The molecule has 0 fully saturated rings. The van der Waals surface area contributed by atoms with E-state index in [1.54, 1.807) is 4.90 Å². The molecule has 1 heterocycles. The molecule has 0 spiro atoms. The molecular formula is C17H24N2O2. The SMILES string of the molecule is CCCCCCN(CCO)C(=O)c1cc2ccccc2[nH]1. The highest BCUT2D eigenvalue weighted by Gasteiger charge is 2.16. The van der Waals surface area contributed by atoms with Gasteiger partial charge in [-0.1, -0.05) is 44.4 Å². The molecule has 2 N–H and O–H groups in total. The predicted molar refractivity (Wildman–Crippen MR) is 85.4 cm³/mol. The van der Waals surface area contributed by atoms with E-state index in [0.29, 0.717) is 18.8 Å². The number of carbonyl (C=O) groups is 1. The van der Waals surface area contributed by atoms with Crippen LogP contribution < -0.4 is 0 Å². The lowest BCUT2D eigenvalue weighted by atomic mass is 10.2. The van der Waals surface area contributed by atoms with Crippen molar-refractivity contribution in [2.45, 2.75) is 32.6 Å². The van der Waals surface area contributed by atoms with Gasteiger partial charge in [-0.05, 0) is 18.6 Å². The average molecular weight is 288 g/mol. The minimum absolute atomic E-state index is 0.000252. The van der Waals surface area contributed by atoms with Crippen molar-refractivity contribution in [3.05, 3.63) is 36.0 Å². The van der Waals surface area contributed by atoms with Crippen LogP contribution in [0.4, 0.5) is 0 Å². The molecule has 0 aliphatic carbocycles. The number of aliphatic hydroxyl groups excluding tert-OH is 1. The number of H-pyrrole nitrogens is 1. The summed E-state index contributed by atoms with van der Waals surface area (Å²) in [5.74, 6) is -0.0308. The number of hydrogen-bond donors (Lipinski definition) is 2. The third-order valence-corrected chi connectivity index (χ3v) is 3.70. The molecule has 1 amide bonds. The monoisotopic (exact) mass is 288 g/mol. The number of unbranched alkanes of at least 4 members (excludes halogenated alkanes) is 3. The molecule has 4 nitrogen and oxygen atoms in total. The van der Waals surface area contributed by atoms with Crippen molar-refractivity contribution >= 4 is 16.8 Å². The molecule has 0 aliphatic rings. The van der Waals surface area contributed by atoms with Crippen LogP contribution in [-0.2, 0) is 0 Å². The van der Waals surface area contributed by atoms with E-state index in [4.69, 9.17) is 0 Å². The highest BCUT2D eigenvalue weighted by atomic mass is 16.3. The molecule has 0 radical (unpaired) electrons. The van der Waals surface area contributed by atoms with Crippen LogP contribution in [0.25, 0.3) is 10.9 Å². The van der Waals surface area contributed by atoms with E-state index < -0.39 is 0 Å². The van der Waals surface area contributed by atoms with Crippen LogP contribution in [0.3, 0.4) is 0 Å². The summed E-state index contributed by atoms with van der Waals surface area (Å²) in [5.41, 5.74) is 1.57. The Morgan fingerprint density at radius 1 is 1.19 bits per heavy atom. The van der Waals surface area contributed by atoms with E-state index in [0.717, 1.165) is 23.7 Å². The first-order valence-corrected chi connectivity index (χ1v) is 7.74. The van der Waals surface area contributed by atoms with E-state index in [9.17, 15) is 9.90 Å². The van der Waals surface area contributed by atoms with Gasteiger partial charge in [0, 0.05) is 24.0 Å². The van der Waals surface area contributed by atoms with Gasteiger partial charge in [-0.15, -0.1) is 0 Å². The third-order valence-electron chi connectivity index (χ3n) is 3.70. The lowest BCUT2D eigenvalue weighted by Gasteiger charge is -2.21. The molecule has 0 atom stereocenters. The second-order valence-corrected chi connectivity index (χ2v) is 5.35. The quantitative estimate of drug-likeness (QED) is 0.733. The summed E-state index contributed by atoms with van der Waals surface area (Å²) in [4.78, 5) is 17.5. The van der Waals surface area contributed by atoms with Crippen LogP contribution >= 0.6 is 0 Å². The predicted octanol–water partition coefficient (Wildman–Crippen LogP) is 3.18. The second kappa shape index (κ2) is 7.84. The maximum atomic E-state index is 12.6. The normalized spacial score (nSPS) is 11.0. The lowest BCUT2D eigenvalue weighted by molar-refractivity contribution is 0.0713. The van der Waals surface area contributed by atoms with E-state index >= 15 is 0 Å². The summed E-state index contributed by atoms with van der Waals surface area (Å²) in [5, 5.41) is 10.2. The maximum absolute atomic E-state index is 12.6. The minimum atomic E-state index is -0.0308. The number of rotatable bonds is 8. The van der Waals surface area contributed by atoms with Crippen molar-refractivity contribution < 1.29 is 9.90 Å². The zero-order chi connectivity index (χ0) is 15.1. The topological polar surface area (TPSA) is 56.3 Å². The van der Waals surface area contributed by atoms with Gasteiger partial charge in [-0.25, -0.2) is 0 Å². The molecule has 21 heavy (non-hydrogen) atoms. The van der Waals surface area contributed by atoms with Gasteiger partial charge in [0.25, 0.3) is 5.91 Å². The Kier molecular flexibility index (Phi) is 5.81. The summed E-state index contributed by atoms with van der Waals surface area (Å²) in [7, 11) is 0. The van der Waals surface area contributed by atoms with Crippen molar-refractivity contribution in [2.75, 3.05) is 19.7 Å². The molecule has 0 bridgehead atoms. The van der Waals surface area contributed by atoms with E-state index in [1.165, 1.54) is 12.8 Å². The van der Waals surface area contributed by atoms with Crippen molar-refractivity contribution in [3.8, 4) is 0 Å². The number of para-hydroxylation sites is 1. The third kappa shape index (κ3) is 4.08. The van der Waals surface area contributed by atoms with E-state index in [-0.39, 0.29) is 12.5 Å². The summed E-state index contributed by atoms with van der Waals surface area (Å²) < 4.78 is 0. The van der Waals surface area contributed by atoms with Crippen LogP contribution in [0, 0.1) is 0 Å². The Morgan fingerprint density at radius 3 is 2.71 bits per heavy atom. The van der Waals surface area contributed by atoms with E-state index in [1.807, 2.05) is 30.3 Å². The maximum Gasteiger partial charge on any atom is 0.270 e. The number of aromatic nitrogens is 1. The molecular weight excluding hydrogens is 264 g/mol. The molecule has 1 aromatic carbocycles. The Bertz CT molecular complexity index is 544. The van der Waals surface area contributed by atoms with Gasteiger partial charge in [0.05, 0.1) is 6.61 Å². The average Bonchev–Trinajstić information content (AvgIpc) is 2.93. The Hall–Kier alpha value is -1.81. The van der Waals surface area contributed by atoms with Gasteiger partial charge in [0.1, 0.15) is 5.69 Å². The number of aromatic amines is 1. The first-order valence-electron chi connectivity index (χ1n) is 7.74. The Labute approximate surface area is 125 Å². The van der Waals surface area contributed by atoms with Gasteiger partial charge in [0.2, 0.25) is 0 Å². The van der Waals surface area contributed by atoms with Crippen LogP contribution in [0.2, 0.25) is 0 Å². The summed E-state index contributed by atoms with van der Waals surface area (Å²) in [6.07, 6.45) is 4.47. The Balaban J connectivity index is 2.05. The lowest BCUT2D eigenvalue weighted by Crippen LogP contribution is -2.34. The molecule has 0 unspecified atom stereocenters. The molecule has 1 aromatic heterocycles. The molecule has 0 saturated carbocycles. The fraction of sp³-hybridized carbons (Fsp3) is 0.471. The number of amides is 1. The van der Waals surface area contributed by atoms with Crippen LogP contribution in [0.1, 0.15) is 43.1 Å². The standard InChI is InChI=1S/C17H24N2O2/c1-2-3-4-7-10-19(11-12-20)17(21)16-13-14-8-5-6-9-15(14)18-16/h5-6,8-9,13,18,20H,2-4,7,10-12H2,1H3. The van der Waals surface area contributed by atoms with Crippen molar-refractivity contribution in [1.29, 1.82) is 0 Å². The minimum Gasteiger partial charge on any atom is -0.395 e. The molecule has 0 saturated heterocycles. The molecule has 114 valence electrons. The van der Waals surface area contributed by atoms with Crippen molar-refractivity contribution in [3.63, 3.8) is 0 Å². The summed E-state index contributed by atoms with van der Waals surface area (Å²) >= 11 is 0. The molecule has 4 heteroatoms. The van der Waals surface area contributed by atoms with Crippen molar-refractivity contribution in [1.82, 2.24) is 9.88 Å². The number of aliphatic hydroxyl groups is 1. The first-order chi connectivity index (χ1) is 10.3. The number of nitrogens with zero attached hydrogens (tertiary/aromatic N) is 1. The molecule has 2 rings (SSSR count). The van der Waals surface area contributed by atoms with E-state index in [2.05, 4.69) is 11.9 Å². The summed E-state index contributed by atoms with van der Waals surface area (Å²) in [6, 6.07) is 9.74. The first kappa shape index (κ1) is 15.6. The zero-order valence-corrected chi connectivity index (χ0v) is 12.6. The number of fused-ring (bicyclic) bond motifs is 1. The van der Waals surface area contributed by atoms with Gasteiger partial charge in [-0.2, -0.15) is 0 Å². The van der Waals surface area contributed by atoms with Gasteiger partial charge >= 0.3 is 0 Å². The van der Waals surface area contributed by atoms with Crippen molar-refractivity contribution in [2.24, 2.45) is 0 Å². The highest BCUT2D eigenvalue weighted by Crippen LogP contribution is 2.16. The smallest absolute Gasteiger partial charge is 0.270 e. The summed E-state index contributed by atoms with van der Waals surface area (Å²) in [6.45, 7) is 3.26. The molecule has 0 aliphatic heterocycles. The fourth-order valence-corrected chi connectivity index (χ4v) is 2.52. The zero-order valence-electron chi connectivity index (χ0n) is 12.6. The number of benzene rings is 1. The van der Waals surface area contributed by atoms with Crippen LogP contribution in [0.15, 0.2) is 30.3 Å². The fourth-order valence-electron chi connectivity index (χ4n) is 2.52. The Morgan fingerprint density at radius 2 is 2.00 bits per heavy atom. The van der Waals surface area contributed by atoms with Gasteiger partial charge < -0.3 is 15.0 Å². The number of nitrogens with one attached hydrogen (secondary N) is 1. The van der Waals surface area contributed by atoms with Crippen LogP contribution in [0.5, 0.6) is 0 Å².